The normalized spacial score (nSPS) is 18.5. The zero-order valence-electron chi connectivity index (χ0n) is 25.9. The van der Waals surface area contributed by atoms with Gasteiger partial charge in [-0.15, -0.1) is 0 Å². The van der Waals surface area contributed by atoms with E-state index in [0.717, 1.165) is 5.56 Å². The number of halogens is 1. The molecule has 2 aliphatic heterocycles. The lowest BCUT2D eigenvalue weighted by molar-refractivity contribution is -0.136. The van der Waals surface area contributed by atoms with E-state index in [1.54, 1.807) is 63.6 Å². The lowest BCUT2D eigenvalue weighted by Gasteiger charge is -2.43. The van der Waals surface area contributed by atoms with Gasteiger partial charge in [-0.05, 0) is 29.8 Å². The maximum atomic E-state index is 15.3. The number of benzene rings is 3. The molecular formula is C33H38FN3O7. The molecule has 0 aliphatic carbocycles. The molecule has 234 valence electrons. The van der Waals surface area contributed by atoms with Gasteiger partial charge >= 0.3 is 0 Å². The van der Waals surface area contributed by atoms with Crippen LogP contribution in [0.15, 0.2) is 48.5 Å². The zero-order chi connectivity index (χ0) is 31.5. The van der Waals surface area contributed by atoms with Crippen LogP contribution < -0.4 is 23.7 Å². The summed E-state index contributed by atoms with van der Waals surface area (Å²) < 4.78 is 42.9. The van der Waals surface area contributed by atoms with E-state index < -0.39 is 17.8 Å². The van der Waals surface area contributed by atoms with Crippen molar-refractivity contribution in [3.8, 4) is 28.7 Å². The van der Waals surface area contributed by atoms with Gasteiger partial charge in [-0.1, -0.05) is 24.3 Å². The highest BCUT2D eigenvalue weighted by molar-refractivity contribution is 6.02. The molecule has 0 aromatic heterocycles. The number of nitrogens with zero attached hydrogens (tertiary/aromatic N) is 3. The van der Waals surface area contributed by atoms with Gasteiger partial charge in [0.2, 0.25) is 11.7 Å². The maximum absolute atomic E-state index is 15.3. The fraction of sp³-hybridized carbons (Fsp3) is 0.394. The molecule has 0 saturated carbocycles. The van der Waals surface area contributed by atoms with Crippen LogP contribution in [0.25, 0.3) is 0 Å². The van der Waals surface area contributed by atoms with Crippen LogP contribution in [0.5, 0.6) is 28.7 Å². The fourth-order valence-electron chi connectivity index (χ4n) is 6.27. The van der Waals surface area contributed by atoms with Crippen molar-refractivity contribution in [2.24, 2.45) is 0 Å². The Morgan fingerprint density at radius 3 is 2.05 bits per heavy atom. The van der Waals surface area contributed by atoms with Crippen molar-refractivity contribution in [2.75, 3.05) is 68.8 Å². The third kappa shape index (κ3) is 5.47. The summed E-state index contributed by atoms with van der Waals surface area (Å²) in [4.78, 5) is 33.6. The number of piperazine rings is 1. The minimum Gasteiger partial charge on any atom is -0.493 e. The Morgan fingerprint density at radius 1 is 0.795 bits per heavy atom. The van der Waals surface area contributed by atoms with E-state index in [4.69, 9.17) is 23.7 Å². The number of likely N-dealkylation sites (N-methyl/N-ethyl adjacent to an activating group) is 1. The Balaban J connectivity index is 1.45. The molecular weight excluding hydrogens is 569 g/mol. The summed E-state index contributed by atoms with van der Waals surface area (Å²) in [5, 5.41) is 0. The molecule has 1 saturated heterocycles. The lowest BCUT2D eigenvalue weighted by Crippen LogP contribution is -2.52. The molecule has 0 spiro atoms. The minimum absolute atomic E-state index is 0.186. The molecule has 44 heavy (non-hydrogen) atoms. The van der Waals surface area contributed by atoms with Gasteiger partial charge in [0.25, 0.3) is 5.91 Å². The van der Waals surface area contributed by atoms with Gasteiger partial charge in [0.05, 0.1) is 47.5 Å². The van der Waals surface area contributed by atoms with Crippen molar-refractivity contribution in [1.82, 2.24) is 14.7 Å². The molecule has 2 amide bonds. The van der Waals surface area contributed by atoms with Crippen LogP contribution in [0.4, 0.5) is 4.39 Å². The van der Waals surface area contributed by atoms with E-state index in [0.29, 0.717) is 72.6 Å². The Labute approximate surface area is 256 Å². The summed E-state index contributed by atoms with van der Waals surface area (Å²) in [5.41, 5.74) is 2.03. The predicted octanol–water partition coefficient (Wildman–Crippen LogP) is 4.12. The smallest absolute Gasteiger partial charge is 0.254 e. The molecule has 0 radical (unpaired) electrons. The van der Waals surface area contributed by atoms with Crippen LogP contribution in [0.3, 0.4) is 0 Å². The molecule has 5 rings (SSSR count). The summed E-state index contributed by atoms with van der Waals surface area (Å²) in [5.74, 6) is 0.635. The average Bonchev–Trinajstić information content (AvgIpc) is 3.05. The fourth-order valence-corrected chi connectivity index (χ4v) is 6.27. The maximum Gasteiger partial charge on any atom is 0.254 e. The number of amides is 2. The Morgan fingerprint density at radius 2 is 1.43 bits per heavy atom. The van der Waals surface area contributed by atoms with Crippen LogP contribution >= 0.6 is 0 Å². The highest BCUT2D eigenvalue weighted by Gasteiger charge is 2.46. The second kappa shape index (κ2) is 13.0. The SMILES string of the molecule is COc1cc2c(cc1OC)[C@@H](C(=O)N1CCN(Cc3ccc(OC)c(OC)c3OC)CC1)[C@@H](c1ccccc1F)N(C)C2=O. The van der Waals surface area contributed by atoms with Crippen molar-refractivity contribution in [1.29, 1.82) is 0 Å². The summed E-state index contributed by atoms with van der Waals surface area (Å²) in [6, 6.07) is 12.5. The van der Waals surface area contributed by atoms with Gasteiger partial charge in [0.1, 0.15) is 5.82 Å². The van der Waals surface area contributed by atoms with Crippen molar-refractivity contribution in [3.05, 3.63) is 76.6 Å². The molecule has 1 fully saturated rings. The second-order valence-corrected chi connectivity index (χ2v) is 10.7. The van der Waals surface area contributed by atoms with Crippen LogP contribution in [0.1, 0.15) is 39.0 Å². The molecule has 0 N–H and O–H groups in total. The number of methoxy groups -OCH3 is 5. The number of fused-ring (bicyclic) bond motifs is 1. The first-order valence-electron chi connectivity index (χ1n) is 14.3. The number of rotatable bonds is 9. The molecule has 11 heteroatoms. The van der Waals surface area contributed by atoms with E-state index in [1.807, 2.05) is 12.1 Å². The zero-order valence-corrected chi connectivity index (χ0v) is 25.9. The van der Waals surface area contributed by atoms with E-state index in [1.165, 1.54) is 25.2 Å². The lowest BCUT2D eigenvalue weighted by atomic mass is 9.78. The average molecular weight is 608 g/mol. The van der Waals surface area contributed by atoms with Gasteiger partial charge in [-0.3, -0.25) is 14.5 Å². The third-order valence-corrected chi connectivity index (χ3v) is 8.53. The van der Waals surface area contributed by atoms with Crippen molar-refractivity contribution in [2.45, 2.75) is 18.5 Å². The quantitative estimate of drug-likeness (QED) is 0.359. The Bertz CT molecular complexity index is 1540. The monoisotopic (exact) mass is 607 g/mol. The summed E-state index contributed by atoms with van der Waals surface area (Å²) in [6.45, 7) is 2.70. The van der Waals surface area contributed by atoms with Gasteiger partial charge in [0, 0.05) is 56.5 Å². The van der Waals surface area contributed by atoms with E-state index >= 15 is 4.39 Å². The first-order chi connectivity index (χ1) is 21.3. The summed E-state index contributed by atoms with van der Waals surface area (Å²) in [6.07, 6.45) is 0. The summed E-state index contributed by atoms with van der Waals surface area (Å²) in [7, 11) is 9.34. The van der Waals surface area contributed by atoms with Gasteiger partial charge in [-0.25, -0.2) is 4.39 Å². The first-order valence-corrected chi connectivity index (χ1v) is 14.3. The number of carbonyl (C=O) groups excluding carboxylic acids is 2. The Kier molecular flexibility index (Phi) is 9.14. The number of hydrogen-bond donors (Lipinski definition) is 0. The molecule has 2 heterocycles. The first kappa shape index (κ1) is 30.9. The summed E-state index contributed by atoms with van der Waals surface area (Å²) >= 11 is 0. The van der Waals surface area contributed by atoms with Crippen LogP contribution in [0.2, 0.25) is 0 Å². The standard InChI is InChI=1S/C33H38FN3O7/c1-35-29(21-9-7-8-10-24(21)34)28(22-17-26(41-3)27(42-4)18-23(22)32(35)38)33(39)37-15-13-36(14-16-37)19-20-11-12-25(40-2)31(44-6)30(20)43-5/h7-12,17-18,28-29H,13-16,19H2,1-6H3/t28-,29-/m1/s1. The Hall–Kier alpha value is -4.51. The number of carbonyl (C=O) groups is 2. The molecule has 0 unspecified atom stereocenters. The molecule has 10 nitrogen and oxygen atoms in total. The van der Waals surface area contributed by atoms with E-state index in [-0.39, 0.29) is 17.4 Å². The van der Waals surface area contributed by atoms with Crippen molar-refractivity contribution >= 4 is 11.8 Å². The van der Waals surface area contributed by atoms with Crippen LogP contribution in [-0.2, 0) is 11.3 Å². The molecule has 0 bridgehead atoms. The minimum atomic E-state index is -0.859. The van der Waals surface area contributed by atoms with Gasteiger partial charge < -0.3 is 33.5 Å². The third-order valence-electron chi connectivity index (χ3n) is 8.53. The number of ether oxygens (including phenoxy) is 5. The van der Waals surface area contributed by atoms with Crippen LogP contribution in [-0.4, -0.2) is 95.3 Å². The van der Waals surface area contributed by atoms with Gasteiger partial charge in [-0.2, -0.15) is 0 Å². The molecule has 2 atom stereocenters. The van der Waals surface area contributed by atoms with Crippen molar-refractivity contribution < 1.29 is 37.7 Å². The molecule has 3 aromatic rings. The van der Waals surface area contributed by atoms with Crippen LogP contribution in [0, 0.1) is 5.82 Å². The van der Waals surface area contributed by atoms with Crippen molar-refractivity contribution in [3.63, 3.8) is 0 Å². The second-order valence-electron chi connectivity index (χ2n) is 10.7. The molecule has 3 aromatic carbocycles. The predicted molar refractivity (Wildman–Crippen MR) is 161 cm³/mol. The van der Waals surface area contributed by atoms with E-state index in [9.17, 15) is 9.59 Å². The molecule has 2 aliphatic rings. The number of hydrogen-bond acceptors (Lipinski definition) is 8. The topological polar surface area (TPSA) is 90.0 Å². The largest absolute Gasteiger partial charge is 0.493 e. The van der Waals surface area contributed by atoms with Gasteiger partial charge in [0.15, 0.2) is 23.0 Å². The highest BCUT2D eigenvalue weighted by atomic mass is 19.1. The van der Waals surface area contributed by atoms with E-state index in [2.05, 4.69) is 4.90 Å². The highest BCUT2D eigenvalue weighted by Crippen LogP contribution is 2.47.